The zero-order valence-electron chi connectivity index (χ0n) is 19.0. The van der Waals surface area contributed by atoms with Crippen LogP contribution in [0, 0.1) is 5.92 Å². The van der Waals surface area contributed by atoms with Crippen molar-refractivity contribution in [3.63, 3.8) is 0 Å². The van der Waals surface area contributed by atoms with Crippen molar-refractivity contribution in [2.75, 3.05) is 39.5 Å². The monoisotopic (exact) mass is 452 g/mol. The smallest absolute Gasteiger partial charge is 0.224 e. The number of morpholine rings is 1. The highest BCUT2D eigenvalue weighted by Crippen LogP contribution is 2.42. The lowest BCUT2D eigenvalue weighted by atomic mass is 9.72. The molecule has 3 aliphatic rings. The van der Waals surface area contributed by atoms with Gasteiger partial charge in [-0.3, -0.25) is 4.79 Å². The number of hydrogen-bond donors (Lipinski definition) is 3. The fourth-order valence-corrected chi connectivity index (χ4v) is 5.47. The maximum atomic E-state index is 12.7. The Morgan fingerprint density at radius 1 is 1.36 bits per heavy atom. The van der Waals surface area contributed by atoms with E-state index in [1.807, 2.05) is 23.6 Å². The number of carbonyl (C=O) groups excluding carboxylic acids is 1. The first kappa shape index (κ1) is 21.9. The number of H-pyrrole nitrogens is 1. The Bertz CT molecular complexity index is 1070. The minimum Gasteiger partial charge on any atom is -0.396 e. The first-order chi connectivity index (χ1) is 16.1. The van der Waals surface area contributed by atoms with Crippen LogP contribution < -0.4 is 5.32 Å². The van der Waals surface area contributed by atoms with E-state index in [-0.39, 0.29) is 30.9 Å². The summed E-state index contributed by atoms with van der Waals surface area (Å²) < 4.78 is 5.65. The second-order valence-electron chi connectivity index (χ2n) is 9.14. The van der Waals surface area contributed by atoms with Crippen molar-refractivity contribution in [1.82, 2.24) is 25.1 Å². The molecule has 3 atom stereocenters. The van der Waals surface area contributed by atoms with Gasteiger partial charge in [0.25, 0.3) is 0 Å². The van der Waals surface area contributed by atoms with Gasteiger partial charge in [-0.25, -0.2) is 9.98 Å². The van der Waals surface area contributed by atoms with Crippen molar-refractivity contribution in [2.45, 2.75) is 37.8 Å². The summed E-state index contributed by atoms with van der Waals surface area (Å²) in [6.07, 6.45) is 9.87. The van der Waals surface area contributed by atoms with E-state index in [9.17, 15) is 9.90 Å². The predicted molar refractivity (Wildman–Crippen MR) is 125 cm³/mol. The number of aliphatic hydroxyl groups excluding tert-OH is 1. The van der Waals surface area contributed by atoms with Crippen LogP contribution in [0.25, 0.3) is 11.0 Å². The van der Waals surface area contributed by atoms with Gasteiger partial charge in [0, 0.05) is 49.8 Å². The zero-order valence-corrected chi connectivity index (χ0v) is 19.0. The van der Waals surface area contributed by atoms with Gasteiger partial charge >= 0.3 is 0 Å². The normalized spacial score (nSPS) is 28.0. The van der Waals surface area contributed by atoms with Crippen molar-refractivity contribution in [1.29, 1.82) is 0 Å². The van der Waals surface area contributed by atoms with Gasteiger partial charge in [-0.1, -0.05) is 0 Å². The number of ether oxygens (including phenoxy) is 1. The molecule has 2 aromatic heterocycles. The van der Waals surface area contributed by atoms with Crippen LogP contribution in [0.1, 0.15) is 31.7 Å². The third kappa shape index (κ3) is 4.00. The molecule has 0 saturated carbocycles. The van der Waals surface area contributed by atoms with Gasteiger partial charge in [-0.2, -0.15) is 0 Å². The quantitative estimate of drug-likeness (QED) is 0.636. The molecule has 9 heteroatoms. The topological polar surface area (TPSA) is 106 Å². The van der Waals surface area contributed by atoms with Gasteiger partial charge in [0.2, 0.25) is 5.91 Å². The maximum Gasteiger partial charge on any atom is 0.224 e. The molecule has 2 saturated heterocycles. The van der Waals surface area contributed by atoms with Gasteiger partial charge in [-0.05, 0) is 43.5 Å². The number of hydrogen-bond acceptors (Lipinski definition) is 7. The fraction of sp³-hybridized carbons (Fsp3) is 0.542. The molecule has 0 aliphatic carbocycles. The number of pyridine rings is 1. The van der Waals surface area contributed by atoms with Gasteiger partial charge in [0.05, 0.1) is 37.7 Å². The molecule has 0 bridgehead atoms. The molecule has 9 nitrogen and oxygen atoms in total. The standard InChI is InChI=1S/C24H32N6O3/c1-17-15-33-12-10-30(17)21-13-24(28-16-27-21,20-5-8-26-23-19(20)4-7-25-23)18-3-2-9-29(14-18)22(32)6-11-31/h4-5,7-8,13,16-18,31H,2-3,6,9-12,14-15H2,1H3,(H,25,26)(H,27,28)/t17-,18?,24?/m1/s1. The minimum atomic E-state index is -0.545. The number of fused-ring (bicyclic) bond motifs is 1. The van der Waals surface area contributed by atoms with Gasteiger partial charge in [0.15, 0.2) is 0 Å². The highest BCUT2D eigenvalue weighted by Gasteiger charge is 2.44. The second-order valence-corrected chi connectivity index (χ2v) is 9.14. The van der Waals surface area contributed by atoms with Gasteiger partial charge in [0.1, 0.15) is 11.5 Å². The first-order valence-electron chi connectivity index (χ1n) is 11.8. The van der Waals surface area contributed by atoms with E-state index in [1.165, 1.54) is 0 Å². The summed E-state index contributed by atoms with van der Waals surface area (Å²) in [5, 5.41) is 14.0. The molecule has 5 heterocycles. The average Bonchev–Trinajstić information content (AvgIpc) is 3.34. The first-order valence-corrected chi connectivity index (χ1v) is 11.8. The number of aromatic nitrogens is 2. The van der Waals surface area contributed by atoms with E-state index in [0.29, 0.717) is 19.8 Å². The van der Waals surface area contributed by atoms with E-state index in [0.717, 1.165) is 48.3 Å². The maximum absolute atomic E-state index is 12.7. The molecule has 5 rings (SSSR count). The second kappa shape index (κ2) is 9.15. The number of aromatic amines is 1. The molecular formula is C24H32N6O3. The largest absolute Gasteiger partial charge is 0.396 e. The molecule has 3 N–H and O–H groups in total. The Morgan fingerprint density at radius 2 is 2.27 bits per heavy atom. The number of amides is 1. The highest BCUT2D eigenvalue weighted by molar-refractivity contribution is 5.82. The lowest BCUT2D eigenvalue weighted by Crippen LogP contribution is -2.55. The molecule has 0 spiro atoms. The number of nitrogens with one attached hydrogen (secondary N) is 2. The minimum absolute atomic E-state index is 0.00866. The predicted octanol–water partition coefficient (Wildman–Crippen LogP) is 1.57. The summed E-state index contributed by atoms with van der Waals surface area (Å²) in [5.74, 6) is 1.07. The van der Waals surface area contributed by atoms with Crippen molar-refractivity contribution >= 4 is 23.3 Å². The fourth-order valence-electron chi connectivity index (χ4n) is 5.47. The van der Waals surface area contributed by atoms with Gasteiger partial charge < -0.3 is 29.9 Å². The number of carbonyl (C=O) groups is 1. The molecule has 1 amide bonds. The van der Waals surface area contributed by atoms with Crippen molar-refractivity contribution < 1.29 is 14.6 Å². The molecule has 0 radical (unpaired) electrons. The summed E-state index contributed by atoms with van der Waals surface area (Å²) in [6, 6.07) is 4.37. The van der Waals surface area contributed by atoms with Crippen LogP contribution in [0.3, 0.4) is 0 Å². The van der Waals surface area contributed by atoms with E-state index < -0.39 is 5.54 Å². The lowest BCUT2D eigenvalue weighted by molar-refractivity contribution is -0.134. The van der Waals surface area contributed by atoms with Crippen LogP contribution in [-0.4, -0.2) is 82.6 Å². The molecule has 3 aliphatic heterocycles. The van der Waals surface area contributed by atoms with Crippen molar-refractivity contribution in [3.05, 3.63) is 42.0 Å². The summed E-state index contributed by atoms with van der Waals surface area (Å²) in [7, 11) is 0. The summed E-state index contributed by atoms with van der Waals surface area (Å²) in [5.41, 5.74) is 1.42. The number of piperidine rings is 1. The molecule has 33 heavy (non-hydrogen) atoms. The molecule has 2 aromatic rings. The highest BCUT2D eigenvalue weighted by atomic mass is 16.5. The Morgan fingerprint density at radius 3 is 3.12 bits per heavy atom. The number of aliphatic hydroxyl groups is 1. The Balaban J connectivity index is 1.59. The number of likely N-dealkylation sites (tertiary alicyclic amines) is 1. The van der Waals surface area contributed by atoms with Gasteiger partial charge in [-0.15, -0.1) is 0 Å². The van der Waals surface area contributed by atoms with Crippen molar-refractivity contribution in [2.24, 2.45) is 10.9 Å². The number of aliphatic imine (C=N–C) groups is 1. The Kier molecular flexibility index (Phi) is 6.07. The van der Waals surface area contributed by atoms with Crippen LogP contribution in [0.5, 0.6) is 0 Å². The Labute approximate surface area is 193 Å². The number of nitrogens with zero attached hydrogens (tertiary/aromatic N) is 4. The van der Waals surface area contributed by atoms with E-state index in [4.69, 9.17) is 9.73 Å². The summed E-state index contributed by atoms with van der Waals surface area (Å²) in [6.45, 7) is 5.54. The van der Waals surface area contributed by atoms with Crippen LogP contribution >= 0.6 is 0 Å². The van der Waals surface area contributed by atoms with Crippen LogP contribution in [0.2, 0.25) is 0 Å². The SMILES string of the molecule is C[C@@H]1COCCN1C1=CC(c2ccnc3[nH]ccc23)(C2CCCN(C(=O)CCO)C2)NC=N1. The number of rotatable bonds is 5. The van der Waals surface area contributed by atoms with Crippen LogP contribution in [0.4, 0.5) is 0 Å². The molecule has 2 fully saturated rings. The van der Waals surface area contributed by atoms with Crippen molar-refractivity contribution in [3.8, 4) is 0 Å². The van der Waals surface area contributed by atoms with E-state index in [2.05, 4.69) is 45.3 Å². The average molecular weight is 453 g/mol. The third-order valence-electron chi connectivity index (χ3n) is 7.17. The summed E-state index contributed by atoms with van der Waals surface area (Å²) in [4.78, 5) is 29.3. The molecule has 176 valence electrons. The molecular weight excluding hydrogens is 420 g/mol. The zero-order chi connectivity index (χ0) is 22.8. The van der Waals surface area contributed by atoms with Crippen LogP contribution in [0.15, 0.2) is 41.4 Å². The third-order valence-corrected chi connectivity index (χ3v) is 7.17. The molecule has 2 unspecified atom stereocenters. The Hall–Kier alpha value is -2.91. The van der Waals surface area contributed by atoms with Crippen LogP contribution in [-0.2, 0) is 15.1 Å². The van der Waals surface area contributed by atoms with E-state index >= 15 is 0 Å². The summed E-state index contributed by atoms with van der Waals surface area (Å²) >= 11 is 0. The molecule has 0 aromatic carbocycles. The van der Waals surface area contributed by atoms with E-state index in [1.54, 1.807) is 0 Å². The lowest BCUT2D eigenvalue weighted by Gasteiger charge is -2.47.